The number of carbonyl (C=O) groups is 2. The number of aliphatic hydroxyl groups is 1. The van der Waals surface area contributed by atoms with E-state index in [-0.39, 0.29) is 12.6 Å². The van der Waals surface area contributed by atoms with E-state index < -0.39 is 11.6 Å². The minimum Gasteiger partial charge on any atom is -0.479 e. The fourth-order valence-corrected chi connectivity index (χ4v) is 1.65. The summed E-state index contributed by atoms with van der Waals surface area (Å²) in [5.74, 6) is -0.716. The minimum absolute atomic E-state index is 0.285. The van der Waals surface area contributed by atoms with Gasteiger partial charge in [-0.2, -0.15) is 0 Å². The number of hydrogen-bond acceptors (Lipinski definition) is 3. The van der Waals surface area contributed by atoms with Crippen LogP contribution in [0.2, 0.25) is 0 Å². The number of piperidine rings is 1. The molecule has 1 fully saturated rings. The number of rotatable bonds is 3. The van der Waals surface area contributed by atoms with Crippen molar-refractivity contribution in [1.82, 2.24) is 10.2 Å². The lowest BCUT2D eigenvalue weighted by Gasteiger charge is -2.31. The lowest BCUT2D eigenvalue weighted by atomic mass is 10.00. The standard InChI is InChI=1S/C11H20N2O4/c1-8-3-5-13(6-4-8)10(16)12-7-11(2,17)9(14)15/h8,17H,3-7H2,1-2H3,(H,12,16)(H,14,15). The van der Waals surface area contributed by atoms with E-state index in [9.17, 15) is 14.7 Å². The first-order valence-electron chi connectivity index (χ1n) is 5.81. The van der Waals surface area contributed by atoms with Crippen molar-refractivity contribution in [3.8, 4) is 0 Å². The third-order valence-corrected chi connectivity index (χ3v) is 3.12. The molecule has 17 heavy (non-hydrogen) atoms. The maximum atomic E-state index is 11.7. The second-order valence-electron chi connectivity index (χ2n) is 4.91. The first-order chi connectivity index (χ1) is 7.83. The predicted molar refractivity (Wildman–Crippen MR) is 61.6 cm³/mol. The smallest absolute Gasteiger partial charge is 0.337 e. The number of carboxylic acids is 1. The molecule has 1 aliphatic heterocycles. The van der Waals surface area contributed by atoms with Crippen molar-refractivity contribution in [1.29, 1.82) is 0 Å². The van der Waals surface area contributed by atoms with E-state index >= 15 is 0 Å². The van der Waals surface area contributed by atoms with Crippen LogP contribution in [-0.2, 0) is 4.79 Å². The molecule has 1 heterocycles. The third-order valence-electron chi connectivity index (χ3n) is 3.12. The van der Waals surface area contributed by atoms with Crippen LogP contribution in [0.1, 0.15) is 26.7 Å². The van der Waals surface area contributed by atoms with Gasteiger partial charge in [0, 0.05) is 13.1 Å². The second kappa shape index (κ2) is 5.35. The second-order valence-corrected chi connectivity index (χ2v) is 4.91. The number of aliphatic carboxylic acids is 1. The largest absolute Gasteiger partial charge is 0.479 e. The topological polar surface area (TPSA) is 89.9 Å². The molecule has 6 heteroatoms. The van der Waals surface area contributed by atoms with Gasteiger partial charge >= 0.3 is 12.0 Å². The summed E-state index contributed by atoms with van der Waals surface area (Å²) in [7, 11) is 0. The molecule has 0 spiro atoms. The molecule has 1 saturated heterocycles. The van der Waals surface area contributed by atoms with Crippen molar-refractivity contribution in [3.05, 3.63) is 0 Å². The van der Waals surface area contributed by atoms with Crippen molar-refractivity contribution in [2.75, 3.05) is 19.6 Å². The summed E-state index contributed by atoms with van der Waals surface area (Å²) in [6.45, 7) is 4.38. The van der Waals surface area contributed by atoms with Crippen LogP contribution >= 0.6 is 0 Å². The fraction of sp³-hybridized carbons (Fsp3) is 0.818. The minimum atomic E-state index is -1.92. The predicted octanol–water partition coefficient (Wildman–Crippen LogP) is 0.263. The summed E-state index contributed by atoms with van der Waals surface area (Å²) in [6, 6.07) is -0.307. The summed E-state index contributed by atoms with van der Waals surface area (Å²) in [5, 5.41) is 20.6. The summed E-state index contributed by atoms with van der Waals surface area (Å²) < 4.78 is 0. The van der Waals surface area contributed by atoms with Gasteiger partial charge in [-0.15, -0.1) is 0 Å². The van der Waals surface area contributed by atoms with Gasteiger partial charge in [0.15, 0.2) is 5.60 Å². The Kier molecular flexibility index (Phi) is 4.34. The van der Waals surface area contributed by atoms with E-state index in [4.69, 9.17) is 5.11 Å². The molecule has 6 nitrogen and oxygen atoms in total. The van der Waals surface area contributed by atoms with Crippen LogP contribution in [0, 0.1) is 5.92 Å². The number of carbonyl (C=O) groups excluding carboxylic acids is 1. The van der Waals surface area contributed by atoms with Gasteiger partial charge in [-0.1, -0.05) is 6.92 Å². The Morgan fingerprint density at radius 3 is 2.41 bits per heavy atom. The van der Waals surface area contributed by atoms with Crippen LogP contribution in [0.15, 0.2) is 0 Å². The quantitative estimate of drug-likeness (QED) is 0.664. The number of amides is 2. The van der Waals surface area contributed by atoms with Gasteiger partial charge in [0.05, 0.1) is 6.54 Å². The van der Waals surface area contributed by atoms with Gasteiger partial charge in [-0.05, 0) is 25.7 Å². The van der Waals surface area contributed by atoms with Gasteiger partial charge in [0.1, 0.15) is 0 Å². The maximum Gasteiger partial charge on any atom is 0.337 e. The highest BCUT2D eigenvalue weighted by Crippen LogP contribution is 2.15. The van der Waals surface area contributed by atoms with E-state index in [0.29, 0.717) is 19.0 Å². The van der Waals surface area contributed by atoms with Crippen molar-refractivity contribution < 1.29 is 19.8 Å². The zero-order valence-corrected chi connectivity index (χ0v) is 10.3. The van der Waals surface area contributed by atoms with Crippen molar-refractivity contribution in [2.45, 2.75) is 32.3 Å². The van der Waals surface area contributed by atoms with E-state index in [0.717, 1.165) is 19.8 Å². The lowest BCUT2D eigenvalue weighted by molar-refractivity contribution is -0.155. The summed E-state index contributed by atoms with van der Waals surface area (Å²) in [5.41, 5.74) is -1.92. The van der Waals surface area contributed by atoms with Gasteiger partial charge in [-0.3, -0.25) is 0 Å². The Hall–Kier alpha value is -1.30. The van der Waals surface area contributed by atoms with E-state index in [1.165, 1.54) is 0 Å². The first kappa shape index (κ1) is 13.8. The van der Waals surface area contributed by atoms with Crippen LogP contribution in [0.4, 0.5) is 4.79 Å². The van der Waals surface area contributed by atoms with Crippen LogP contribution in [0.5, 0.6) is 0 Å². The number of carboxylic acid groups (broad SMARTS) is 1. The molecule has 0 aliphatic carbocycles. The Morgan fingerprint density at radius 2 is 1.94 bits per heavy atom. The van der Waals surface area contributed by atoms with Gasteiger partial charge in [0.25, 0.3) is 0 Å². The van der Waals surface area contributed by atoms with E-state index in [1.54, 1.807) is 4.90 Å². The monoisotopic (exact) mass is 244 g/mol. The molecule has 1 rings (SSSR count). The molecule has 1 unspecified atom stereocenters. The first-order valence-corrected chi connectivity index (χ1v) is 5.81. The molecule has 1 aliphatic rings. The average Bonchev–Trinajstić information content (AvgIpc) is 2.27. The SMILES string of the molecule is CC1CCN(C(=O)NCC(C)(O)C(=O)O)CC1. The molecule has 1 atom stereocenters. The molecule has 0 radical (unpaired) electrons. The van der Waals surface area contributed by atoms with Gasteiger partial charge < -0.3 is 20.4 Å². The van der Waals surface area contributed by atoms with Crippen molar-refractivity contribution in [3.63, 3.8) is 0 Å². The molecule has 0 saturated carbocycles. The number of urea groups is 1. The van der Waals surface area contributed by atoms with Crippen LogP contribution in [0.3, 0.4) is 0 Å². The average molecular weight is 244 g/mol. The molecule has 2 amide bonds. The fourth-order valence-electron chi connectivity index (χ4n) is 1.65. The Labute approximate surface area is 101 Å². The highest BCUT2D eigenvalue weighted by atomic mass is 16.4. The van der Waals surface area contributed by atoms with E-state index in [1.807, 2.05) is 0 Å². The normalized spacial score (nSPS) is 20.8. The highest BCUT2D eigenvalue weighted by Gasteiger charge is 2.31. The lowest BCUT2D eigenvalue weighted by Crippen LogP contribution is -2.51. The van der Waals surface area contributed by atoms with Crippen molar-refractivity contribution >= 4 is 12.0 Å². The molecule has 0 aromatic rings. The van der Waals surface area contributed by atoms with Crippen molar-refractivity contribution in [2.24, 2.45) is 5.92 Å². The molecule has 0 aromatic heterocycles. The molecular weight excluding hydrogens is 224 g/mol. The molecular formula is C11H20N2O4. The van der Waals surface area contributed by atoms with Crippen LogP contribution in [0.25, 0.3) is 0 Å². The summed E-state index contributed by atoms with van der Waals surface area (Å²) >= 11 is 0. The summed E-state index contributed by atoms with van der Waals surface area (Å²) in [6.07, 6.45) is 1.92. The molecule has 0 aromatic carbocycles. The van der Waals surface area contributed by atoms with Crippen LogP contribution < -0.4 is 5.32 Å². The van der Waals surface area contributed by atoms with Gasteiger partial charge in [0.2, 0.25) is 0 Å². The third kappa shape index (κ3) is 3.89. The van der Waals surface area contributed by atoms with Crippen LogP contribution in [-0.4, -0.2) is 52.3 Å². The van der Waals surface area contributed by atoms with Gasteiger partial charge in [-0.25, -0.2) is 9.59 Å². The Balaban J connectivity index is 2.37. The zero-order chi connectivity index (χ0) is 13.1. The maximum absolute atomic E-state index is 11.7. The number of hydrogen-bond donors (Lipinski definition) is 3. The number of nitrogens with zero attached hydrogens (tertiary/aromatic N) is 1. The molecule has 0 bridgehead atoms. The summed E-state index contributed by atoms with van der Waals surface area (Å²) in [4.78, 5) is 24.0. The molecule has 3 N–H and O–H groups in total. The zero-order valence-electron chi connectivity index (χ0n) is 10.3. The number of nitrogens with one attached hydrogen (secondary N) is 1. The molecule has 98 valence electrons. The number of likely N-dealkylation sites (tertiary alicyclic amines) is 1. The van der Waals surface area contributed by atoms with E-state index in [2.05, 4.69) is 12.2 Å². The Morgan fingerprint density at radius 1 is 1.41 bits per heavy atom. The highest BCUT2D eigenvalue weighted by molar-refractivity contribution is 5.79. The Bertz CT molecular complexity index is 296.